The molecule has 0 spiro atoms. The van der Waals surface area contributed by atoms with Crippen LogP contribution in [0.1, 0.15) is 11.1 Å². The Balaban J connectivity index is 2.70. The van der Waals surface area contributed by atoms with E-state index in [1.54, 1.807) is 0 Å². The van der Waals surface area contributed by atoms with Gasteiger partial charge in [0.1, 0.15) is 23.3 Å². The van der Waals surface area contributed by atoms with E-state index in [2.05, 4.69) is 10.2 Å². The molecular formula is C7H12N2O4S2. The number of nitrogens with zero attached hydrogens (tertiary/aromatic N) is 2. The maximum atomic E-state index is 9.58. The van der Waals surface area contributed by atoms with Crippen LogP contribution in [0.2, 0.25) is 0 Å². The largest absolute Gasteiger partial charge is 0.394 e. The molecule has 0 fully saturated rings. The SMILES string of the molecule is CSc1nnc([C@H](O)[C@@H](O)[C@@H](O)CO)s1. The normalized spacial score (nSPS) is 17.4. The molecule has 1 aromatic heterocycles. The van der Waals surface area contributed by atoms with Crippen molar-refractivity contribution in [2.24, 2.45) is 0 Å². The van der Waals surface area contributed by atoms with Gasteiger partial charge in [0.2, 0.25) is 0 Å². The van der Waals surface area contributed by atoms with Gasteiger partial charge in [0.25, 0.3) is 0 Å². The van der Waals surface area contributed by atoms with Crippen LogP contribution in [-0.2, 0) is 0 Å². The van der Waals surface area contributed by atoms with Crippen molar-refractivity contribution >= 4 is 23.1 Å². The summed E-state index contributed by atoms with van der Waals surface area (Å²) in [6, 6.07) is 0. The number of thioether (sulfide) groups is 1. The standard InChI is InChI=1S/C7H12N2O4S2/c1-14-7-9-8-6(15-7)5(13)4(12)3(11)2-10/h3-5,10-13H,2H2,1H3/t3-,4-,5+/m0/s1. The summed E-state index contributed by atoms with van der Waals surface area (Å²) in [4.78, 5) is 0. The van der Waals surface area contributed by atoms with Crippen molar-refractivity contribution in [3.63, 3.8) is 0 Å². The molecule has 0 aliphatic carbocycles. The molecule has 0 amide bonds. The van der Waals surface area contributed by atoms with Crippen LogP contribution in [0.5, 0.6) is 0 Å². The highest BCUT2D eigenvalue weighted by atomic mass is 32.2. The quantitative estimate of drug-likeness (QED) is 0.498. The molecule has 0 saturated heterocycles. The second-order valence-electron chi connectivity index (χ2n) is 2.80. The minimum absolute atomic E-state index is 0.222. The first kappa shape index (κ1) is 12.8. The smallest absolute Gasteiger partial charge is 0.174 e. The summed E-state index contributed by atoms with van der Waals surface area (Å²) >= 11 is 2.51. The summed E-state index contributed by atoms with van der Waals surface area (Å²) in [5, 5.41) is 44.3. The molecule has 0 aliphatic rings. The molecule has 1 rings (SSSR count). The zero-order valence-electron chi connectivity index (χ0n) is 7.94. The van der Waals surface area contributed by atoms with Gasteiger partial charge in [0.05, 0.1) is 6.61 Å². The predicted octanol–water partition coefficient (Wildman–Crippen LogP) is -0.992. The van der Waals surface area contributed by atoms with Gasteiger partial charge in [-0.05, 0) is 6.26 Å². The lowest BCUT2D eigenvalue weighted by atomic mass is 10.1. The highest BCUT2D eigenvalue weighted by molar-refractivity contribution is 8.00. The molecule has 0 unspecified atom stereocenters. The van der Waals surface area contributed by atoms with Crippen molar-refractivity contribution in [3.8, 4) is 0 Å². The summed E-state index contributed by atoms with van der Waals surface area (Å²) in [6.07, 6.45) is -2.36. The summed E-state index contributed by atoms with van der Waals surface area (Å²) in [5.74, 6) is 0. The van der Waals surface area contributed by atoms with E-state index in [1.807, 2.05) is 6.26 Å². The van der Waals surface area contributed by atoms with Crippen molar-refractivity contribution in [2.75, 3.05) is 12.9 Å². The third-order valence-electron chi connectivity index (χ3n) is 1.75. The Labute approximate surface area is 94.6 Å². The molecule has 0 aliphatic heterocycles. The van der Waals surface area contributed by atoms with Crippen LogP contribution in [0.4, 0.5) is 0 Å². The van der Waals surface area contributed by atoms with E-state index < -0.39 is 24.9 Å². The Morgan fingerprint density at radius 2 is 2.00 bits per heavy atom. The van der Waals surface area contributed by atoms with E-state index >= 15 is 0 Å². The summed E-state index contributed by atoms with van der Waals surface area (Å²) in [5.41, 5.74) is 0. The molecule has 86 valence electrons. The Morgan fingerprint density at radius 3 is 2.47 bits per heavy atom. The van der Waals surface area contributed by atoms with Crippen LogP contribution >= 0.6 is 23.1 Å². The van der Waals surface area contributed by atoms with E-state index in [4.69, 9.17) is 10.2 Å². The molecule has 15 heavy (non-hydrogen) atoms. The highest BCUT2D eigenvalue weighted by Crippen LogP contribution is 2.26. The molecule has 6 nitrogen and oxygen atoms in total. The monoisotopic (exact) mass is 252 g/mol. The van der Waals surface area contributed by atoms with Gasteiger partial charge in [-0.3, -0.25) is 0 Å². The van der Waals surface area contributed by atoms with Gasteiger partial charge >= 0.3 is 0 Å². The average Bonchev–Trinajstić information content (AvgIpc) is 2.74. The van der Waals surface area contributed by atoms with E-state index in [1.165, 1.54) is 11.8 Å². The molecular weight excluding hydrogens is 240 g/mol. The van der Waals surface area contributed by atoms with Crippen molar-refractivity contribution in [3.05, 3.63) is 5.01 Å². The second kappa shape index (κ2) is 5.73. The molecule has 0 bridgehead atoms. The van der Waals surface area contributed by atoms with Crippen molar-refractivity contribution in [2.45, 2.75) is 22.7 Å². The Hall–Kier alpha value is -0.250. The lowest BCUT2D eigenvalue weighted by Crippen LogP contribution is -2.34. The lowest BCUT2D eigenvalue weighted by molar-refractivity contribution is -0.0778. The number of rotatable bonds is 5. The minimum Gasteiger partial charge on any atom is -0.394 e. The zero-order valence-corrected chi connectivity index (χ0v) is 9.57. The molecule has 4 N–H and O–H groups in total. The van der Waals surface area contributed by atoms with E-state index in [0.29, 0.717) is 4.34 Å². The van der Waals surface area contributed by atoms with Crippen LogP contribution in [0.15, 0.2) is 4.34 Å². The number of hydrogen-bond acceptors (Lipinski definition) is 8. The summed E-state index contributed by atoms with van der Waals surface area (Å²) < 4.78 is 0.662. The van der Waals surface area contributed by atoms with Gasteiger partial charge in [-0.1, -0.05) is 23.1 Å². The van der Waals surface area contributed by atoms with Gasteiger partial charge in [-0.25, -0.2) is 0 Å². The van der Waals surface area contributed by atoms with E-state index in [9.17, 15) is 10.2 Å². The van der Waals surface area contributed by atoms with Gasteiger partial charge in [-0.15, -0.1) is 10.2 Å². The molecule has 1 heterocycles. The topological polar surface area (TPSA) is 107 Å². The molecule has 0 aromatic carbocycles. The zero-order chi connectivity index (χ0) is 11.4. The van der Waals surface area contributed by atoms with Gasteiger partial charge < -0.3 is 20.4 Å². The van der Waals surface area contributed by atoms with Gasteiger partial charge in [0.15, 0.2) is 4.34 Å². The number of hydrogen-bond donors (Lipinski definition) is 4. The lowest BCUT2D eigenvalue weighted by Gasteiger charge is -2.19. The fourth-order valence-electron chi connectivity index (χ4n) is 0.887. The minimum atomic E-state index is -1.46. The third kappa shape index (κ3) is 3.10. The van der Waals surface area contributed by atoms with Crippen LogP contribution in [-0.4, -0.2) is 55.7 Å². The maximum absolute atomic E-state index is 9.58. The Bertz CT molecular complexity index is 309. The maximum Gasteiger partial charge on any atom is 0.174 e. The average molecular weight is 252 g/mol. The Morgan fingerprint density at radius 1 is 1.33 bits per heavy atom. The van der Waals surface area contributed by atoms with Crippen LogP contribution in [0.25, 0.3) is 0 Å². The summed E-state index contributed by atoms with van der Waals surface area (Å²) in [6.45, 7) is -0.619. The molecule has 3 atom stereocenters. The fourth-order valence-corrected chi connectivity index (χ4v) is 2.20. The first-order valence-electron chi connectivity index (χ1n) is 4.12. The van der Waals surface area contributed by atoms with E-state index in [0.717, 1.165) is 11.3 Å². The fraction of sp³-hybridized carbons (Fsp3) is 0.714. The Kier molecular flexibility index (Phi) is 4.90. The van der Waals surface area contributed by atoms with Crippen molar-refractivity contribution in [1.82, 2.24) is 10.2 Å². The predicted molar refractivity (Wildman–Crippen MR) is 55.7 cm³/mol. The number of aliphatic hydroxyl groups excluding tert-OH is 4. The van der Waals surface area contributed by atoms with Crippen molar-refractivity contribution in [1.29, 1.82) is 0 Å². The van der Waals surface area contributed by atoms with Crippen molar-refractivity contribution < 1.29 is 20.4 Å². The molecule has 1 aromatic rings. The van der Waals surface area contributed by atoms with Crippen LogP contribution in [0, 0.1) is 0 Å². The van der Waals surface area contributed by atoms with Gasteiger partial charge in [0, 0.05) is 0 Å². The number of aliphatic hydroxyl groups is 4. The van der Waals surface area contributed by atoms with Crippen LogP contribution < -0.4 is 0 Å². The van der Waals surface area contributed by atoms with Gasteiger partial charge in [-0.2, -0.15) is 0 Å². The first-order valence-corrected chi connectivity index (χ1v) is 6.16. The third-order valence-corrected chi connectivity index (χ3v) is 3.72. The summed E-state index contributed by atoms with van der Waals surface area (Å²) in [7, 11) is 0. The van der Waals surface area contributed by atoms with Crippen LogP contribution in [0.3, 0.4) is 0 Å². The highest BCUT2D eigenvalue weighted by Gasteiger charge is 2.28. The first-order chi connectivity index (χ1) is 7.10. The molecule has 0 saturated carbocycles. The second-order valence-corrected chi connectivity index (χ2v) is 4.86. The molecule has 0 radical (unpaired) electrons. The molecule has 8 heteroatoms. The number of aromatic nitrogens is 2. The van der Waals surface area contributed by atoms with E-state index in [-0.39, 0.29) is 5.01 Å².